The minimum Gasteiger partial charge on any atom is -0.329 e. The van der Waals surface area contributed by atoms with Crippen LogP contribution in [0.4, 0.5) is 0 Å². The highest BCUT2D eigenvalue weighted by atomic mass is 32.2. The summed E-state index contributed by atoms with van der Waals surface area (Å²) in [6.07, 6.45) is 2.14. The van der Waals surface area contributed by atoms with Gasteiger partial charge in [-0.1, -0.05) is 44.2 Å². The normalized spacial score (nSPS) is 9.94. The Morgan fingerprint density at radius 3 is 2.29 bits per heavy atom. The zero-order valence-electron chi connectivity index (χ0n) is 11.4. The van der Waals surface area contributed by atoms with Crippen molar-refractivity contribution >= 4 is 11.8 Å². The second-order valence-electron chi connectivity index (χ2n) is 3.54. The molecule has 1 aromatic carbocycles. The fourth-order valence-electron chi connectivity index (χ4n) is 1.51. The van der Waals surface area contributed by atoms with Crippen LogP contribution in [0.1, 0.15) is 19.4 Å². The molecule has 0 unspecified atom stereocenters. The summed E-state index contributed by atoms with van der Waals surface area (Å²) >= 11 is 1.88. The van der Waals surface area contributed by atoms with Crippen molar-refractivity contribution in [2.75, 3.05) is 31.6 Å². The van der Waals surface area contributed by atoms with Crippen molar-refractivity contribution in [1.82, 2.24) is 4.90 Å². The molecule has 2 N–H and O–H groups in total. The Labute approximate surface area is 111 Å². The molecule has 0 aliphatic heterocycles. The van der Waals surface area contributed by atoms with E-state index in [1.165, 1.54) is 11.3 Å². The molecule has 0 atom stereocenters. The first-order chi connectivity index (χ1) is 8.36. The van der Waals surface area contributed by atoms with E-state index in [4.69, 9.17) is 5.73 Å². The monoisotopic (exact) mass is 254 g/mol. The number of rotatable bonds is 7. The molecule has 0 radical (unpaired) electrons. The summed E-state index contributed by atoms with van der Waals surface area (Å²) in [6.45, 7) is 7.85. The third-order valence-corrected chi connectivity index (χ3v) is 2.90. The largest absolute Gasteiger partial charge is 0.329 e. The summed E-state index contributed by atoms with van der Waals surface area (Å²) in [5, 5.41) is 0. The van der Waals surface area contributed by atoms with Crippen LogP contribution in [0.3, 0.4) is 0 Å². The van der Waals surface area contributed by atoms with Crippen molar-refractivity contribution < 1.29 is 0 Å². The van der Waals surface area contributed by atoms with Gasteiger partial charge >= 0.3 is 0 Å². The molecule has 0 bridgehead atoms. The van der Waals surface area contributed by atoms with Gasteiger partial charge in [0.05, 0.1) is 0 Å². The predicted molar refractivity (Wildman–Crippen MR) is 80.5 cm³/mol. The topological polar surface area (TPSA) is 29.3 Å². The van der Waals surface area contributed by atoms with Gasteiger partial charge < -0.3 is 5.73 Å². The van der Waals surface area contributed by atoms with Gasteiger partial charge in [-0.15, -0.1) is 0 Å². The highest BCUT2D eigenvalue weighted by molar-refractivity contribution is 7.98. The SMILES string of the molecule is CC.CSCCN(CCN)Cc1ccccc1. The highest BCUT2D eigenvalue weighted by Crippen LogP contribution is 2.05. The Morgan fingerprint density at radius 1 is 1.12 bits per heavy atom. The van der Waals surface area contributed by atoms with Gasteiger partial charge in [0.2, 0.25) is 0 Å². The molecule has 0 saturated heterocycles. The molecular weight excluding hydrogens is 228 g/mol. The third kappa shape index (κ3) is 8.25. The molecule has 0 heterocycles. The summed E-state index contributed by atoms with van der Waals surface area (Å²) < 4.78 is 0. The van der Waals surface area contributed by atoms with Crippen molar-refractivity contribution in [3.63, 3.8) is 0 Å². The van der Waals surface area contributed by atoms with E-state index in [0.717, 1.165) is 26.2 Å². The van der Waals surface area contributed by atoms with E-state index in [-0.39, 0.29) is 0 Å². The first-order valence-corrected chi connectivity index (χ1v) is 7.71. The Balaban J connectivity index is 0.00000121. The van der Waals surface area contributed by atoms with E-state index in [2.05, 4.69) is 41.5 Å². The van der Waals surface area contributed by atoms with E-state index >= 15 is 0 Å². The third-order valence-electron chi connectivity index (χ3n) is 2.31. The maximum Gasteiger partial charge on any atom is 0.0234 e. The van der Waals surface area contributed by atoms with E-state index < -0.39 is 0 Å². The molecular formula is C14H26N2S. The van der Waals surface area contributed by atoms with Crippen LogP contribution in [-0.2, 0) is 6.54 Å². The molecule has 17 heavy (non-hydrogen) atoms. The van der Waals surface area contributed by atoms with E-state index in [1.54, 1.807) is 0 Å². The number of benzene rings is 1. The van der Waals surface area contributed by atoms with E-state index in [9.17, 15) is 0 Å². The zero-order valence-corrected chi connectivity index (χ0v) is 12.2. The maximum atomic E-state index is 5.61. The van der Waals surface area contributed by atoms with E-state index in [1.807, 2.05) is 25.6 Å². The van der Waals surface area contributed by atoms with Gasteiger partial charge in [-0.2, -0.15) is 11.8 Å². The summed E-state index contributed by atoms with van der Waals surface area (Å²) in [7, 11) is 0. The highest BCUT2D eigenvalue weighted by Gasteiger charge is 2.03. The molecule has 98 valence electrons. The van der Waals surface area contributed by atoms with Crippen LogP contribution in [0.25, 0.3) is 0 Å². The lowest BCUT2D eigenvalue weighted by Crippen LogP contribution is -2.31. The second kappa shape index (κ2) is 12.0. The molecule has 0 saturated carbocycles. The Hall–Kier alpha value is -0.510. The lowest BCUT2D eigenvalue weighted by Gasteiger charge is -2.21. The smallest absolute Gasteiger partial charge is 0.0234 e. The molecule has 3 heteroatoms. The molecule has 2 nitrogen and oxygen atoms in total. The van der Waals surface area contributed by atoms with Crippen LogP contribution in [0.2, 0.25) is 0 Å². The number of nitrogens with two attached hydrogens (primary N) is 1. The van der Waals surface area contributed by atoms with Gasteiger partial charge in [0.15, 0.2) is 0 Å². The van der Waals surface area contributed by atoms with Crippen molar-refractivity contribution in [2.24, 2.45) is 5.73 Å². The molecule has 1 aromatic rings. The van der Waals surface area contributed by atoms with Crippen molar-refractivity contribution in [3.8, 4) is 0 Å². The fourth-order valence-corrected chi connectivity index (χ4v) is 1.96. The van der Waals surface area contributed by atoms with Gasteiger partial charge in [-0.3, -0.25) is 4.90 Å². The predicted octanol–water partition coefficient (Wildman–Crippen LogP) is 2.84. The molecule has 1 rings (SSSR count). The quantitative estimate of drug-likeness (QED) is 0.811. The van der Waals surface area contributed by atoms with Gasteiger partial charge in [-0.05, 0) is 11.8 Å². The van der Waals surface area contributed by atoms with Crippen LogP contribution >= 0.6 is 11.8 Å². The molecule has 0 spiro atoms. The van der Waals surface area contributed by atoms with Crippen LogP contribution < -0.4 is 5.73 Å². The van der Waals surface area contributed by atoms with Gasteiger partial charge in [0, 0.05) is 31.9 Å². The first kappa shape index (κ1) is 16.5. The lowest BCUT2D eigenvalue weighted by atomic mass is 10.2. The maximum absolute atomic E-state index is 5.61. The van der Waals surface area contributed by atoms with Crippen LogP contribution in [-0.4, -0.2) is 36.5 Å². The number of hydrogen-bond acceptors (Lipinski definition) is 3. The van der Waals surface area contributed by atoms with Crippen LogP contribution in [0.5, 0.6) is 0 Å². The first-order valence-electron chi connectivity index (χ1n) is 6.32. The van der Waals surface area contributed by atoms with E-state index in [0.29, 0.717) is 0 Å². The Bertz CT molecular complexity index is 252. The number of nitrogens with zero attached hydrogens (tertiary/aromatic N) is 1. The Morgan fingerprint density at radius 2 is 1.76 bits per heavy atom. The standard InChI is InChI=1S/C12H20N2S.C2H6/c1-15-10-9-14(8-7-13)11-12-5-3-2-4-6-12;1-2/h2-6H,7-11,13H2,1H3;1-2H3. The second-order valence-corrected chi connectivity index (χ2v) is 4.53. The molecule has 0 amide bonds. The number of hydrogen-bond donors (Lipinski definition) is 1. The minimum absolute atomic E-state index is 0.737. The summed E-state index contributed by atoms with van der Waals surface area (Å²) in [6, 6.07) is 10.6. The average molecular weight is 254 g/mol. The van der Waals surface area contributed by atoms with Gasteiger partial charge in [0.25, 0.3) is 0 Å². The molecule has 0 fully saturated rings. The molecule has 0 aromatic heterocycles. The zero-order chi connectivity index (χ0) is 12.9. The van der Waals surface area contributed by atoms with Crippen molar-refractivity contribution in [3.05, 3.63) is 35.9 Å². The van der Waals surface area contributed by atoms with Crippen LogP contribution in [0, 0.1) is 0 Å². The average Bonchev–Trinajstić information content (AvgIpc) is 2.40. The lowest BCUT2D eigenvalue weighted by molar-refractivity contribution is 0.290. The Kier molecular flexibility index (Phi) is 11.6. The van der Waals surface area contributed by atoms with Crippen LogP contribution in [0.15, 0.2) is 30.3 Å². The minimum atomic E-state index is 0.737. The molecule has 0 aliphatic carbocycles. The summed E-state index contributed by atoms with van der Waals surface area (Å²) in [5.41, 5.74) is 6.97. The van der Waals surface area contributed by atoms with Gasteiger partial charge in [-0.25, -0.2) is 0 Å². The van der Waals surface area contributed by atoms with Gasteiger partial charge in [0.1, 0.15) is 0 Å². The fraction of sp³-hybridized carbons (Fsp3) is 0.571. The summed E-state index contributed by atoms with van der Waals surface area (Å²) in [4.78, 5) is 2.41. The molecule has 0 aliphatic rings. The van der Waals surface area contributed by atoms with Crippen molar-refractivity contribution in [2.45, 2.75) is 20.4 Å². The number of thioether (sulfide) groups is 1. The summed E-state index contributed by atoms with van der Waals surface area (Å²) in [5.74, 6) is 1.17. The van der Waals surface area contributed by atoms with Crippen molar-refractivity contribution in [1.29, 1.82) is 0 Å².